The van der Waals surface area contributed by atoms with Gasteiger partial charge in [-0.15, -0.1) is 0 Å². The Morgan fingerprint density at radius 2 is 2.20 bits per heavy atom. The molecular weight excluding hydrogens is 190 g/mol. The molecule has 0 atom stereocenters. The minimum atomic E-state index is 0.212. The van der Waals surface area contributed by atoms with Crippen LogP contribution >= 0.6 is 0 Å². The Morgan fingerprint density at radius 1 is 1.33 bits per heavy atom. The van der Waals surface area contributed by atoms with Gasteiger partial charge in [0.05, 0.1) is 7.11 Å². The van der Waals surface area contributed by atoms with E-state index in [2.05, 4.69) is 4.98 Å². The topological polar surface area (TPSA) is 45.2 Å². The van der Waals surface area contributed by atoms with Gasteiger partial charge in [0.2, 0.25) is 0 Å². The number of aliphatic hydroxyl groups excluding tert-OH is 1. The number of aryl methyl sites for hydroxylation is 1. The fraction of sp³-hybridized carbons (Fsp3) is 0.333. The van der Waals surface area contributed by atoms with Gasteiger partial charge in [-0.2, -0.15) is 0 Å². The lowest BCUT2D eigenvalue weighted by Crippen LogP contribution is -1.95. The summed E-state index contributed by atoms with van der Waals surface area (Å²) in [6, 6.07) is 6.02. The highest BCUT2D eigenvalue weighted by Gasteiger charge is 2.08. The molecule has 0 saturated heterocycles. The lowest BCUT2D eigenvalue weighted by atomic mass is 10.0. The molecule has 80 valence electrons. The second-order valence-electron chi connectivity index (χ2n) is 3.51. The molecule has 0 fully saturated rings. The van der Waals surface area contributed by atoms with E-state index >= 15 is 0 Å². The third-order valence-corrected chi connectivity index (χ3v) is 2.61. The van der Waals surface area contributed by atoms with Crippen molar-refractivity contribution in [3.05, 3.63) is 30.0 Å². The molecule has 1 heterocycles. The van der Waals surface area contributed by atoms with Crippen LogP contribution in [0.5, 0.6) is 5.75 Å². The minimum Gasteiger partial charge on any atom is -0.496 e. The van der Waals surface area contributed by atoms with Crippen molar-refractivity contribution in [3.8, 4) is 5.75 Å². The lowest BCUT2D eigenvalue weighted by Gasteiger charge is -2.09. The first-order valence-electron chi connectivity index (χ1n) is 5.10. The van der Waals surface area contributed by atoms with E-state index in [0.717, 1.165) is 24.1 Å². The van der Waals surface area contributed by atoms with Gasteiger partial charge in [0, 0.05) is 29.3 Å². The number of methoxy groups -OCH3 is 1. The third kappa shape index (κ3) is 1.83. The molecule has 1 aromatic carbocycles. The maximum absolute atomic E-state index is 8.87. The highest BCUT2D eigenvalue weighted by Crippen LogP contribution is 2.28. The van der Waals surface area contributed by atoms with Crippen molar-refractivity contribution >= 4 is 10.9 Å². The first-order chi connectivity index (χ1) is 7.36. The van der Waals surface area contributed by atoms with Crippen LogP contribution in [0.25, 0.3) is 10.9 Å². The Bertz CT molecular complexity index is 448. The normalized spacial score (nSPS) is 10.8. The van der Waals surface area contributed by atoms with Gasteiger partial charge < -0.3 is 14.8 Å². The van der Waals surface area contributed by atoms with Gasteiger partial charge in [-0.3, -0.25) is 0 Å². The number of rotatable bonds is 4. The number of aromatic amines is 1. The van der Waals surface area contributed by atoms with E-state index in [1.54, 1.807) is 7.11 Å². The summed E-state index contributed by atoms with van der Waals surface area (Å²) >= 11 is 0. The predicted molar refractivity (Wildman–Crippen MR) is 60.3 cm³/mol. The van der Waals surface area contributed by atoms with Crippen molar-refractivity contribution in [1.82, 2.24) is 4.98 Å². The maximum Gasteiger partial charge on any atom is 0.122 e. The standard InChI is InChI=1S/C12H15NO2/c1-15-12-5-4-11-9(6-7-13-11)10(12)3-2-8-14/h4-7,13-14H,2-3,8H2,1H3. The van der Waals surface area contributed by atoms with Crippen LogP contribution < -0.4 is 4.74 Å². The van der Waals surface area contributed by atoms with Crippen molar-refractivity contribution in [2.75, 3.05) is 13.7 Å². The zero-order valence-electron chi connectivity index (χ0n) is 8.79. The molecule has 0 saturated carbocycles. The van der Waals surface area contributed by atoms with E-state index in [4.69, 9.17) is 9.84 Å². The first kappa shape index (κ1) is 10.1. The molecule has 0 bridgehead atoms. The molecule has 0 radical (unpaired) electrons. The van der Waals surface area contributed by atoms with Crippen molar-refractivity contribution in [1.29, 1.82) is 0 Å². The third-order valence-electron chi connectivity index (χ3n) is 2.61. The number of fused-ring (bicyclic) bond motifs is 1. The Morgan fingerprint density at radius 3 is 2.93 bits per heavy atom. The summed E-state index contributed by atoms with van der Waals surface area (Å²) in [5, 5.41) is 10.0. The fourth-order valence-electron chi connectivity index (χ4n) is 1.88. The lowest BCUT2D eigenvalue weighted by molar-refractivity contribution is 0.288. The van der Waals surface area contributed by atoms with Gasteiger partial charge >= 0.3 is 0 Å². The highest BCUT2D eigenvalue weighted by molar-refractivity contribution is 5.85. The first-order valence-corrected chi connectivity index (χ1v) is 5.10. The number of nitrogens with one attached hydrogen (secondary N) is 1. The van der Waals surface area contributed by atoms with Crippen molar-refractivity contribution in [2.24, 2.45) is 0 Å². The van der Waals surface area contributed by atoms with E-state index in [-0.39, 0.29) is 6.61 Å². The molecule has 2 aromatic rings. The zero-order chi connectivity index (χ0) is 10.7. The number of aliphatic hydroxyl groups is 1. The Hall–Kier alpha value is -1.48. The fourth-order valence-corrected chi connectivity index (χ4v) is 1.88. The SMILES string of the molecule is COc1ccc2[nH]ccc2c1CCCO. The van der Waals surface area contributed by atoms with Crippen molar-refractivity contribution in [2.45, 2.75) is 12.8 Å². The van der Waals surface area contributed by atoms with Gasteiger partial charge in [-0.1, -0.05) is 0 Å². The average Bonchev–Trinajstić information content (AvgIpc) is 2.73. The summed E-state index contributed by atoms with van der Waals surface area (Å²) in [4.78, 5) is 3.17. The second-order valence-corrected chi connectivity index (χ2v) is 3.51. The number of ether oxygens (including phenoxy) is 1. The van der Waals surface area contributed by atoms with Crippen LogP contribution in [0.15, 0.2) is 24.4 Å². The molecule has 0 amide bonds. The van der Waals surface area contributed by atoms with Crippen LogP contribution in [0.3, 0.4) is 0 Å². The molecule has 0 unspecified atom stereocenters. The highest BCUT2D eigenvalue weighted by atomic mass is 16.5. The molecule has 0 aliphatic carbocycles. The quantitative estimate of drug-likeness (QED) is 0.802. The summed E-state index contributed by atoms with van der Waals surface area (Å²) in [5.41, 5.74) is 2.29. The Balaban J connectivity index is 2.48. The van der Waals surface area contributed by atoms with Crippen molar-refractivity contribution < 1.29 is 9.84 Å². The summed E-state index contributed by atoms with van der Waals surface area (Å²) in [6.07, 6.45) is 3.53. The van der Waals surface area contributed by atoms with E-state index in [1.165, 1.54) is 10.9 Å². The van der Waals surface area contributed by atoms with Gasteiger partial charge in [0.25, 0.3) is 0 Å². The number of aromatic nitrogens is 1. The van der Waals surface area contributed by atoms with Crippen LogP contribution in [-0.2, 0) is 6.42 Å². The van der Waals surface area contributed by atoms with E-state index < -0.39 is 0 Å². The molecule has 3 nitrogen and oxygen atoms in total. The molecule has 2 rings (SSSR count). The summed E-state index contributed by atoms with van der Waals surface area (Å²) in [7, 11) is 1.68. The predicted octanol–water partition coefficient (Wildman–Crippen LogP) is 2.10. The van der Waals surface area contributed by atoms with E-state index in [1.807, 2.05) is 24.4 Å². The number of hydrogen-bond acceptors (Lipinski definition) is 2. The summed E-state index contributed by atoms with van der Waals surface area (Å²) in [5.74, 6) is 0.899. The zero-order valence-corrected chi connectivity index (χ0v) is 8.79. The molecule has 0 spiro atoms. The monoisotopic (exact) mass is 205 g/mol. The van der Waals surface area contributed by atoms with Crippen molar-refractivity contribution in [3.63, 3.8) is 0 Å². The van der Waals surface area contributed by atoms with Crippen LogP contribution in [0.2, 0.25) is 0 Å². The molecule has 3 heteroatoms. The van der Waals surface area contributed by atoms with Crippen LogP contribution in [0.1, 0.15) is 12.0 Å². The Kier molecular flexibility index (Phi) is 2.92. The number of H-pyrrole nitrogens is 1. The summed E-state index contributed by atoms with van der Waals surface area (Å²) < 4.78 is 5.32. The maximum atomic E-state index is 8.87. The van der Waals surface area contributed by atoms with Gasteiger partial charge in [0.15, 0.2) is 0 Å². The van der Waals surface area contributed by atoms with Gasteiger partial charge in [-0.05, 0) is 31.0 Å². The Labute approximate surface area is 88.7 Å². The van der Waals surface area contributed by atoms with Gasteiger partial charge in [-0.25, -0.2) is 0 Å². The van der Waals surface area contributed by atoms with E-state index in [0.29, 0.717) is 0 Å². The van der Waals surface area contributed by atoms with Crippen LogP contribution in [-0.4, -0.2) is 23.8 Å². The largest absolute Gasteiger partial charge is 0.496 e. The number of benzene rings is 1. The molecule has 15 heavy (non-hydrogen) atoms. The molecule has 2 N–H and O–H groups in total. The van der Waals surface area contributed by atoms with E-state index in [9.17, 15) is 0 Å². The number of hydrogen-bond donors (Lipinski definition) is 2. The van der Waals surface area contributed by atoms with Gasteiger partial charge in [0.1, 0.15) is 5.75 Å². The minimum absolute atomic E-state index is 0.212. The van der Waals surface area contributed by atoms with Crippen LogP contribution in [0, 0.1) is 0 Å². The smallest absolute Gasteiger partial charge is 0.122 e. The second kappa shape index (κ2) is 4.36. The van der Waals surface area contributed by atoms with Crippen LogP contribution in [0.4, 0.5) is 0 Å². The summed E-state index contributed by atoms with van der Waals surface area (Å²) in [6.45, 7) is 0.212. The molecular formula is C12H15NO2. The average molecular weight is 205 g/mol. The molecule has 0 aliphatic heterocycles. The molecule has 1 aromatic heterocycles. The molecule has 0 aliphatic rings.